The molecule has 0 atom stereocenters. The summed E-state index contributed by atoms with van der Waals surface area (Å²) in [5.74, 6) is -3.50. The fourth-order valence-corrected chi connectivity index (χ4v) is 5.77. The highest BCUT2D eigenvalue weighted by molar-refractivity contribution is 5.95. The van der Waals surface area contributed by atoms with Crippen LogP contribution >= 0.6 is 0 Å². The van der Waals surface area contributed by atoms with Crippen molar-refractivity contribution in [1.82, 2.24) is 20.6 Å². The van der Waals surface area contributed by atoms with Crippen molar-refractivity contribution in [3.8, 4) is 0 Å². The van der Waals surface area contributed by atoms with Crippen LogP contribution in [-0.2, 0) is 24.5 Å². The Morgan fingerprint density at radius 3 is 1.33 bits per heavy atom. The van der Waals surface area contributed by atoms with E-state index in [0.717, 1.165) is 24.3 Å². The highest BCUT2D eigenvalue weighted by Gasteiger charge is 2.39. The van der Waals surface area contributed by atoms with Crippen molar-refractivity contribution in [2.24, 2.45) is 0 Å². The topological polar surface area (TPSA) is 56.3 Å². The Morgan fingerprint density at radius 1 is 0.571 bits per heavy atom. The van der Waals surface area contributed by atoms with E-state index in [1.54, 1.807) is 4.90 Å². The first-order valence-corrected chi connectivity index (χ1v) is 15.3. The van der Waals surface area contributed by atoms with E-state index < -0.39 is 64.4 Å². The van der Waals surface area contributed by atoms with Gasteiger partial charge in [0.1, 0.15) is 11.4 Å². The minimum atomic E-state index is -5.02. The second-order valence-electron chi connectivity index (χ2n) is 11.5. The Morgan fingerprint density at radius 2 is 0.959 bits per heavy atom. The molecule has 1 aliphatic heterocycles. The molecule has 0 aliphatic carbocycles. The van der Waals surface area contributed by atoms with E-state index in [-0.39, 0.29) is 74.5 Å². The van der Waals surface area contributed by atoms with Gasteiger partial charge in [0.2, 0.25) is 0 Å². The lowest BCUT2D eigenvalue weighted by molar-refractivity contribution is -0.142. The van der Waals surface area contributed by atoms with Gasteiger partial charge in [-0.05, 0) is 24.3 Å². The molecule has 5 rings (SSSR count). The van der Waals surface area contributed by atoms with E-state index in [1.807, 2.05) is 0 Å². The van der Waals surface area contributed by atoms with E-state index in [1.165, 1.54) is 30.0 Å². The highest BCUT2D eigenvalue weighted by Crippen LogP contribution is 2.42. The molecular formula is C32H31F11N6. The molecule has 1 fully saturated rings. The quantitative estimate of drug-likeness (QED) is 0.211. The molecule has 0 radical (unpaired) electrons. The van der Waals surface area contributed by atoms with Crippen LogP contribution in [0.2, 0.25) is 0 Å². The van der Waals surface area contributed by atoms with Crippen LogP contribution in [0.3, 0.4) is 0 Å². The van der Waals surface area contributed by atoms with Crippen LogP contribution in [-0.4, -0.2) is 62.3 Å². The fourth-order valence-electron chi connectivity index (χ4n) is 5.77. The summed E-state index contributed by atoms with van der Waals surface area (Å²) in [6.45, 7) is 2.25. The van der Waals surface area contributed by atoms with E-state index in [2.05, 4.69) is 20.6 Å². The third-order valence-corrected chi connectivity index (χ3v) is 8.27. The van der Waals surface area contributed by atoms with E-state index >= 15 is 0 Å². The molecule has 1 aliphatic rings. The first-order chi connectivity index (χ1) is 22.9. The predicted octanol–water partition coefficient (Wildman–Crippen LogP) is 7.85. The Hall–Kier alpha value is -3.99. The van der Waals surface area contributed by atoms with Gasteiger partial charge in [0, 0.05) is 80.9 Å². The number of nitrogens with one attached hydrogen (secondary N) is 2. The van der Waals surface area contributed by atoms with Crippen LogP contribution in [0, 0.1) is 0 Å². The summed E-state index contributed by atoms with van der Waals surface area (Å²) in [4.78, 5) is 10.3. The Kier molecular flexibility index (Phi) is 10.2. The highest BCUT2D eigenvalue weighted by atomic mass is 19.4. The SMILES string of the molecule is CCC(F)(F)c1cc(N2CCNCCN(c3cc(C(F)(F)F)nc4c(C(F)(F)F)cccc34)CCNCC2)c2cccc(C(F)(F)F)c2n1. The number of fused-ring (bicyclic) bond motifs is 2. The van der Waals surface area contributed by atoms with Crippen LogP contribution in [0.15, 0.2) is 48.5 Å². The van der Waals surface area contributed by atoms with Crippen LogP contribution in [0.5, 0.6) is 0 Å². The number of aromatic nitrogens is 2. The number of nitrogens with zero attached hydrogens (tertiary/aromatic N) is 4. The first-order valence-electron chi connectivity index (χ1n) is 15.3. The van der Waals surface area contributed by atoms with Gasteiger partial charge in [0.05, 0.1) is 22.2 Å². The summed E-state index contributed by atoms with van der Waals surface area (Å²) in [5.41, 5.74) is -6.10. The Bertz CT molecular complexity index is 1770. The Balaban J connectivity index is 1.45. The minimum absolute atomic E-state index is 0.0343. The molecule has 17 heteroatoms. The number of anilines is 2. The monoisotopic (exact) mass is 708 g/mol. The summed E-state index contributed by atoms with van der Waals surface area (Å²) in [6, 6.07) is 8.23. The maximum atomic E-state index is 14.9. The third-order valence-electron chi connectivity index (χ3n) is 8.27. The van der Waals surface area contributed by atoms with Crippen LogP contribution in [0.25, 0.3) is 21.8 Å². The van der Waals surface area contributed by atoms with Crippen molar-refractivity contribution < 1.29 is 48.3 Å². The number of para-hydroxylation sites is 2. The number of pyridine rings is 2. The molecule has 2 aromatic heterocycles. The number of hydrogen-bond donors (Lipinski definition) is 2. The lowest BCUT2D eigenvalue weighted by Crippen LogP contribution is -2.43. The molecule has 3 heterocycles. The molecule has 1 saturated heterocycles. The minimum Gasteiger partial charge on any atom is -0.368 e. The van der Waals surface area contributed by atoms with Crippen molar-refractivity contribution >= 4 is 33.2 Å². The van der Waals surface area contributed by atoms with Gasteiger partial charge in [0.15, 0.2) is 0 Å². The van der Waals surface area contributed by atoms with Crippen molar-refractivity contribution in [1.29, 1.82) is 0 Å². The molecule has 6 nitrogen and oxygen atoms in total. The van der Waals surface area contributed by atoms with Gasteiger partial charge < -0.3 is 20.4 Å². The lowest BCUT2D eigenvalue weighted by Gasteiger charge is -2.31. The molecule has 2 N–H and O–H groups in total. The third kappa shape index (κ3) is 7.92. The van der Waals surface area contributed by atoms with Gasteiger partial charge in [-0.1, -0.05) is 31.2 Å². The molecular weight excluding hydrogens is 677 g/mol. The number of benzene rings is 2. The first kappa shape index (κ1) is 36.3. The van der Waals surface area contributed by atoms with Gasteiger partial charge in [-0.2, -0.15) is 48.3 Å². The fraction of sp³-hybridized carbons (Fsp3) is 0.438. The molecule has 0 saturated carbocycles. The number of alkyl halides is 11. The summed E-state index contributed by atoms with van der Waals surface area (Å²) in [5, 5.41) is 6.14. The number of rotatable bonds is 4. The van der Waals surface area contributed by atoms with Crippen molar-refractivity contribution in [2.45, 2.75) is 37.8 Å². The zero-order valence-electron chi connectivity index (χ0n) is 25.9. The van der Waals surface area contributed by atoms with E-state index in [4.69, 9.17) is 0 Å². The molecule has 0 spiro atoms. The number of halogens is 11. The smallest absolute Gasteiger partial charge is 0.368 e. The van der Waals surface area contributed by atoms with Gasteiger partial charge in [-0.25, -0.2) is 9.97 Å². The molecule has 0 amide bonds. The molecule has 49 heavy (non-hydrogen) atoms. The van der Waals surface area contributed by atoms with Gasteiger partial charge in [-0.3, -0.25) is 0 Å². The molecule has 266 valence electrons. The molecule has 0 unspecified atom stereocenters. The van der Waals surface area contributed by atoms with Gasteiger partial charge in [0.25, 0.3) is 5.92 Å². The van der Waals surface area contributed by atoms with Crippen LogP contribution in [0.4, 0.5) is 59.7 Å². The van der Waals surface area contributed by atoms with Crippen LogP contribution < -0.4 is 20.4 Å². The second-order valence-corrected chi connectivity index (χ2v) is 11.5. The average molecular weight is 709 g/mol. The van der Waals surface area contributed by atoms with Gasteiger partial charge in [-0.15, -0.1) is 0 Å². The van der Waals surface area contributed by atoms with Crippen molar-refractivity contribution in [3.05, 3.63) is 71.0 Å². The van der Waals surface area contributed by atoms with Gasteiger partial charge >= 0.3 is 18.5 Å². The lowest BCUT2D eigenvalue weighted by atomic mass is 10.0. The molecule has 0 bridgehead atoms. The number of hydrogen-bond acceptors (Lipinski definition) is 6. The zero-order valence-corrected chi connectivity index (χ0v) is 25.9. The Labute approximate surface area is 273 Å². The maximum absolute atomic E-state index is 14.9. The van der Waals surface area contributed by atoms with Crippen molar-refractivity contribution in [3.63, 3.8) is 0 Å². The normalized spacial score (nSPS) is 16.6. The second kappa shape index (κ2) is 13.7. The predicted molar refractivity (Wildman–Crippen MR) is 163 cm³/mol. The van der Waals surface area contributed by atoms with Crippen LogP contribution in [0.1, 0.15) is 35.9 Å². The van der Waals surface area contributed by atoms with E-state index in [9.17, 15) is 48.3 Å². The summed E-state index contributed by atoms with van der Waals surface area (Å²) < 4.78 is 154. The summed E-state index contributed by atoms with van der Waals surface area (Å²) >= 11 is 0. The maximum Gasteiger partial charge on any atom is 0.433 e. The average Bonchev–Trinajstić information content (AvgIpc) is 3.02. The zero-order chi connectivity index (χ0) is 35.8. The summed E-state index contributed by atoms with van der Waals surface area (Å²) in [6.07, 6.45) is -15.5. The summed E-state index contributed by atoms with van der Waals surface area (Å²) in [7, 11) is 0. The largest absolute Gasteiger partial charge is 0.433 e. The van der Waals surface area contributed by atoms with Crippen molar-refractivity contribution in [2.75, 3.05) is 62.2 Å². The standard InChI is InChI=1S/C32H31F11N6/c1-2-29(33,34)25-17-23(19-5-3-7-21(27(19)46-25)30(35,36)37)48-13-9-44-11-15-49(16-12-45-10-14-48)24-18-26(32(41,42)43)47-28-20(24)6-4-8-22(28)31(38,39)40/h3-8,17-18,44-45H,2,9-16H2,1H3. The molecule has 4 aromatic rings. The van der Waals surface area contributed by atoms with E-state index in [0.29, 0.717) is 6.07 Å². The molecule has 2 aromatic carbocycles.